The van der Waals surface area contributed by atoms with Crippen molar-refractivity contribution in [3.8, 4) is 0 Å². The highest BCUT2D eigenvalue weighted by Crippen LogP contribution is 2.32. The monoisotopic (exact) mass is 370 g/mol. The number of nitrogens with zero attached hydrogens (tertiary/aromatic N) is 4. The van der Waals surface area contributed by atoms with E-state index in [0.717, 1.165) is 16.9 Å². The molecule has 8 heteroatoms. The smallest absolute Gasteiger partial charge is 0.247 e. The average molecular weight is 370 g/mol. The number of fused-ring (bicyclic) bond motifs is 1. The lowest BCUT2D eigenvalue weighted by atomic mass is 10.0. The summed E-state index contributed by atoms with van der Waals surface area (Å²) in [6, 6.07) is 6.26. The molecule has 1 unspecified atom stereocenters. The summed E-state index contributed by atoms with van der Waals surface area (Å²) >= 11 is 0. The van der Waals surface area contributed by atoms with Gasteiger partial charge in [0.1, 0.15) is 11.9 Å². The molecule has 1 amide bonds. The standard InChI is InChI=1S/C19H26N6O2/c1-11(2)13-5-7-15-16(9-13)21-19(20-15)18(12(3)4)25-10-14(22-24-25)6-8-17(26)23-27/h5-7,9,11-12,18,27H,8,10H2,1-4H3,(H,20,21)(H,23,26)/b14-6-. The van der Waals surface area contributed by atoms with Gasteiger partial charge in [0.2, 0.25) is 5.91 Å². The van der Waals surface area contributed by atoms with Crippen LogP contribution in [0.1, 0.15) is 57.5 Å². The highest BCUT2D eigenvalue weighted by atomic mass is 16.5. The number of hydroxylamine groups is 1. The number of hydrogen-bond acceptors (Lipinski definition) is 6. The van der Waals surface area contributed by atoms with E-state index >= 15 is 0 Å². The summed E-state index contributed by atoms with van der Waals surface area (Å²) in [5, 5.41) is 18.9. The highest BCUT2D eigenvalue weighted by Gasteiger charge is 2.29. The second kappa shape index (κ2) is 7.87. The van der Waals surface area contributed by atoms with Crippen molar-refractivity contribution < 1.29 is 10.0 Å². The van der Waals surface area contributed by atoms with Gasteiger partial charge < -0.3 is 4.98 Å². The van der Waals surface area contributed by atoms with Crippen LogP contribution in [0, 0.1) is 5.92 Å². The van der Waals surface area contributed by atoms with Crippen LogP contribution in [-0.4, -0.2) is 32.6 Å². The van der Waals surface area contributed by atoms with Crippen LogP contribution in [0.25, 0.3) is 11.0 Å². The normalized spacial score (nSPS) is 16.9. The van der Waals surface area contributed by atoms with Crippen molar-refractivity contribution in [3.63, 3.8) is 0 Å². The molecule has 1 aliphatic heterocycles. The molecule has 0 saturated carbocycles. The van der Waals surface area contributed by atoms with E-state index < -0.39 is 5.91 Å². The molecule has 0 radical (unpaired) electrons. The Labute approximate surface area is 158 Å². The predicted molar refractivity (Wildman–Crippen MR) is 102 cm³/mol. The molecule has 1 aliphatic rings. The van der Waals surface area contributed by atoms with Crippen LogP contribution in [-0.2, 0) is 4.79 Å². The molecule has 2 heterocycles. The molecule has 0 spiro atoms. The van der Waals surface area contributed by atoms with E-state index in [4.69, 9.17) is 10.2 Å². The van der Waals surface area contributed by atoms with Crippen LogP contribution in [0.5, 0.6) is 0 Å². The van der Waals surface area contributed by atoms with Crippen LogP contribution in [0.4, 0.5) is 0 Å². The number of hydrogen-bond donors (Lipinski definition) is 3. The van der Waals surface area contributed by atoms with E-state index in [0.29, 0.717) is 18.2 Å². The maximum atomic E-state index is 11.2. The lowest BCUT2D eigenvalue weighted by Crippen LogP contribution is -2.27. The molecule has 1 aromatic heterocycles. The molecular formula is C19H26N6O2. The van der Waals surface area contributed by atoms with E-state index in [-0.39, 0.29) is 18.4 Å². The number of imidazole rings is 1. The van der Waals surface area contributed by atoms with Gasteiger partial charge in [0.05, 0.1) is 23.3 Å². The quantitative estimate of drug-likeness (QED) is 0.530. The Morgan fingerprint density at radius 3 is 2.81 bits per heavy atom. The molecule has 0 fully saturated rings. The lowest BCUT2D eigenvalue weighted by molar-refractivity contribution is -0.128. The molecule has 3 rings (SSSR count). The summed E-state index contributed by atoms with van der Waals surface area (Å²) in [6.45, 7) is 9.08. The van der Waals surface area contributed by atoms with Crippen LogP contribution in [0.3, 0.4) is 0 Å². The molecular weight excluding hydrogens is 344 g/mol. The number of aromatic nitrogens is 2. The molecule has 2 aromatic rings. The van der Waals surface area contributed by atoms with Gasteiger partial charge in [-0.2, -0.15) is 0 Å². The Hall–Kier alpha value is -2.74. The Balaban J connectivity index is 1.83. The summed E-state index contributed by atoms with van der Waals surface area (Å²) in [7, 11) is 0. The van der Waals surface area contributed by atoms with Crippen molar-refractivity contribution in [2.75, 3.05) is 6.54 Å². The Morgan fingerprint density at radius 2 is 2.15 bits per heavy atom. The minimum atomic E-state index is -0.477. The summed E-state index contributed by atoms with van der Waals surface area (Å²) in [6.07, 6.45) is 1.73. The summed E-state index contributed by atoms with van der Waals surface area (Å²) in [4.78, 5) is 19.4. The first kappa shape index (κ1) is 19.0. The summed E-state index contributed by atoms with van der Waals surface area (Å²) in [5.41, 5.74) is 5.54. The molecule has 8 nitrogen and oxygen atoms in total. The maximum absolute atomic E-state index is 11.2. The first-order valence-electron chi connectivity index (χ1n) is 9.19. The van der Waals surface area contributed by atoms with Gasteiger partial charge in [0.25, 0.3) is 0 Å². The Bertz CT molecular complexity index is 883. The molecule has 27 heavy (non-hydrogen) atoms. The Kier molecular flexibility index (Phi) is 5.55. The van der Waals surface area contributed by atoms with Crippen molar-refractivity contribution in [1.82, 2.24) is 20.5 Å². The van der Waals surface area contributed by atoms with Gasteiger partial charge in [-0.15, -0.1) is 5.11 Å². The predicted octanol–water partition coefficient (Wildman–Crippen LogP) is 3.85. The highest BCUT2D eigenvalue weighted by molar-refractivity contribution is 5.76. The number of benzene rings is 1. The first-order chi connectivity index (χ1) is 12.9. The van der Waals surface area contributed by atoms with E-state index in [1.165, 1.54) is 5.56 Å². The summed E-state index contributed by atoms with van der Waals surface area (Å²) < 4.78 is 0. The van der Waals surface area contributed by atoms with Gasteiger partial charge in [0, 0.05) is 6.42 Å². The van der Waals surface area contributed by atoms with Gasteiger partial charge in [-0.05, 0) is 35.6 Å². The van der Waals surface area contributed by atoms with Crippen molar-refractivity contribution in [2.45, 2.75) is 46.1 Å². The number of carbonyl (C=O) groups is 1. The molecule has 3 N–H and O–H groups in total. The van der Waals surface area contributed by atoms with E-state index in [2.05, 4.69) is 55.1 Å². The molecule has 1 atom stereocenters. The SMILES string of the molecule is CC(C)c1ccc2nc(C(C(C)C)N3C/C(=C/CC(=O)NO)N=N3)[nH]c2c1. The van der Waals surface area contributed by atoms with Crippen LogP contribution in [0.15, 0.2) is 40.3 Å². The molecule has 0 bridgehead atoms. The number of carbonyl (C=O) groups excluding carboxylic acids is 1. The molecule has 1 aromatic carbocycles. The van der Waals surface area contributed by atoms with Gasteiger partial charge in [-0.1, -0.05) is 39.0 Å². The second-order valence-corrected chi connectivity index (χ2v) is 7.46. The first-order valence-corrected chi connectivity index (χ1v) is 9.19. The van der Waals surface area contributed by atoms with Gasteiger partial charge in [-0.25, -0.2) is 10.5 Å². The van der Waals surface area contributed by atoms with Crippen molar-refractivity contribution >= 4 is 16.9 Å². The van der Waals surface area contributed by atoms with Gasteiger partial charge in [0.15, 0.2) is 0 Å². The van der Waals surface area contributed by atoms with E-state index in [1.807, 2.05) is 11.1 Å². The number of aromatic amines is 1. The molecule has 0 saturated heterocycles. The number of amides is 1. The third-order valence-electron chi connectivity index (χ3n) is 4.68. The lowest BCUT2D eigenvalue weighted by Gasteiger charge is -2.26. The van der Waals surface area contributed by atoms with Crippen LogP contribution < -0.4 is 5.48 Å². The largest absolute Gasteiger partial charge is 0.340 e. The van der Waals surface area contributed by atoms with Gasteiger partial charge >= 0.3 is 0 Å². The van der Waals surface area contributed by atoms with Crippen molar-refractivity contribution in [2.24, 2.45) is 16.3 Å². The number of nitrogens with one attached hydrogen (secondary N) is 2. The van der Waals surface area contributed by atoms with Crippen LogP contribution >= 0.6 is 0 Å². The minimum Gasteiger partial charge on any atom is -0.340 e. The third kappa shape index (κ3) is 4.16. The Morgan fingerprint density at radius 1 is 1.37 bits per heavy atom. The van der Waals surface area contributed by atoms with Crippen molar-refractivity contribution in [1.29, 1.82) is 0 Å². The minimum absolute atomic E-state index is 0.0544. The molecule has 144 valence electrons. The fourth-order valence-corrected chi connectivity index (χ4v) is 3.21. The third-order valence-corrected chi connectivity index (χ3v) is 4.68. The second-order valence-electron chi connectivity index (χ2n) is 7.46. The average Bonchev–Trinajstić information content (AvgIpc) is 3.25. The van der Waals surface area contributed by atoms with Crippen LogP contribution in [0.2, 0.25) is 0 Å². The fraction of sp³-hybridized carbons (Fsp3) is 0.474. The number of rotatable bonds is 6. The summed E-state index contributed by atoms with van der Waals surface area (Å²) in [5.74, 6) is 1.09. The number of H-pyrrole nitrogens is 1. The zero-order chi connectivity index (χ0) is 19.6. The zero-order valence-corrected chi connectivity index (χ0v) is 16.1. The van der Waals surface area contributed by atoms with Gasteiger partial charge in [-0.3, -0.25) is 15.0 Å². The topological polar surface area (TPSA) is 106 Å². The van der Waals surface area contributed by atoms with E-state index in [9.17, 15) is 4.79 Å². The van der Waals surface area contributed by atoms with Crippen molar-refractivity contribution in [3.05, 3.63) is 41.4 Å². The maximum Gasteiger partial charge on any atom is 0.247 e. The van der Waals surface area contributed by atoms with E-state index in [1.54, 1.807) is 11.6 Å². The zero-order valence-electron chi connectivity index (χ0n) is 16.1. The molecule has 0 aliphatic carbocycles. The fourth-order valence-electron chi connectivity index (χ4n) is 3.21.